The highest BCUT2D eigenvalue weighted by molar-refractivity contribution is 5.88. The topological polar surface area (TPSA) is 82.4 Å². The van der Waals surface area contributed by atoms with E-state index in [9.17, 15) is 14.3 Å². The molecule has 0 aliphatic carbocycles. The lowest BCUT2D eigenvalue weighted by Crippen LogP contribution is -2.32. The van der Waals surface area contributed by atoms with Crippen molar-refractivity contribution in [1.82, 2.24) is 20.0 Å². The molecule has 24 heavy (non-hydrogen) atoms. The molecular weight excluding hydrogens is 313 g/mol. The Hall–Kier alpha value is -2.45. The van der Waals surface area contributed by atoms with Gasteiger partial charge in [-0.05, 0) is 20.2 Å². The number of aromatic nitrogens is 2. The van der Waals surface area contributed by atoms with Crippen molar-refractivity contribution in [2.45, 2.75) is 12.6 Å². The molecule has 0 fully saturated rings. The molecule has 0 saturated carbocycles. The zero-order valence-corrected chi connectivity index (χ0v) is 13.7. The summed E-state index contributed by atoms with van der Waals surface area (Å²) in [7, 11) is 3.94. The summed E-state index contributed by atoms with van der Waals surface area (Å²) in [4.78, 5) is 13.9. The number of likely N-dealkylation sites (N-methyl/N-ethyl adjacent to an activating group) is 1. The SMILES string of the molecule is CN(C)CCn1cc(NC(=O)NCC(O)c2ccccc2F)cn1. The summed E-state index contributed by atoms with van der Waals surface area (Å²) >= 11 is 0. The molecule has 130 valence electrons. The van der Waals surface area contributed by atoms with Gasteiger partial charge in [0.1, 0.15) is 5.82 Å². The number of urea groups is 1. The fourth-order valence-electron chi connectivity index (χ4n) is 2.07. The van der Waals surface area contributed by atoms with Gasteiger partial charge in [0.25, 0.3) is 0 Å². The van der Waals surface area contributed by atoms with Crippen molar-refractivity contribution in [3.05, 3.63) is 48.0 Å². The molecule has 1 aromatic carbocycles. The molecule has 1 aromatic heterocycles. The highest BCUT2D eigenvalue weighted by Crippen LogP contribution is 2.15. The van der Waals surface area contributed by atoms with Crippen LogP contribution in [-0.2, 0) is 6.54 Å². The van der Waals surface area contributed by atoms with Gasteiger partial charge in [0, 0.05) is 24.8 Å². The maximum absolute atomic E-state index is 13.5. The average Bonchev–Trinajstić information content (AvgIpc) is 2.98. The first-order chi connectivity index (χ1) is 11.5. The summed E-state index contributed by atoms with van der Waals surface area (Å²) in [6.07, 6.45) is 2.15. The Morgan fingerprint density at radius 3 is 2.88 bits per heavy atom. The number of aliphatic hydroxyl groups excluding tert-OH is 1. The highest BCUT2D eigenvalue weighted by atomic mass is 19.1. The number of hydrogen-bond acceptors (Lipinski definition) is 4. The van der Waals surface area contributed by atoms with Gasteiger partial charge in [0.15, 0.2) is 0 Å². The molecule has 2 aromatic rings. The predicted molar refractivity (Wildman–Crippen MR) is 89.2 cm³/mol. The summed E-state index contributed by atoms with van der Waals surface area (Å²) in [5.41, 5.74) is 0.695. The number of hydrogen-bond donors (Lipinski definition) is 3. The first-order valence-corrected chi connectivity index (χ1v) is 7.60. The summed E-state index contributed by atoms with van der Waals surface area (Å²) in [6, 6.07) is 5.43. The molecule has 1 heterocycles. The van der Waals surface area contributed by atoms with Gasteiger partial charge in [-0.25, -0.2) is 9.18 Å². The molecule has 2 rings (SSSR count). The largest absolute Gasteiger partial charge is 0.386 e. The lowest BCUT2D eigenvalue weighted by Gasteiger charge is -2.13. The molecular formula is C16H22FN5O2. The minimum absolute atomic E-state index is 0.0957. The van der Waals surface area contributed by atoms with Crippen molar-refractivity contribution >= 4 is 11.7 Å². The standard InChI is InChI=1S/C16H22FN5O2/c1-21(2)7-8-22-11-12(9-19-22)20-16(24)18-10-15(23)13-5-3-4-6-14(13)17/h3-6,9,11,15,23H,7-8,10H2,1-2H3,(H2,18,20,24). The van der Waals surface area contributed by atoms with Gasteiger partial charge >= 0.3 is 6.03 Å². The second-order valence-electron chi connectivity index (χ2n) is 5.67. The van der Waals surface area contributed by atoms with Crippen molar-refractivity contribution in [3.63, 3.8) is 0 Å². The number of nitrogens with zero attached hydrogens (tertiary/aromatic N) is 3. The van der Waals surface area contributed by atoms with Gasteiger partial charge in [0.05, 0.1) is 24.5 Å². The third-order valence-corrected chi connectivity index (χ3v) is 3.39. The van der Waals surface area contributed by atoms with E-state index in [-0.39, 0.29) is 12.1 Å². The van der Waals surface area contributed by atoms with E-state index in [2.05, 4.69) is 15.7 Å². The van der Waals surface area contributed by atoms with E-state index in [0.717, 1.165) is 6.54 Å². The van der Waals surface area contributed by atoms with Gasteiger partial charge in [-0.1, -0.05) is 18.2 Å². The molecule has 1 unspecified atom stereocenters. The van der Waals surface area contributed by atoms with Crippen molar-refractivity contribution in [1.29, 1.82) is 0 Å². The molecule has 0 spiro atoms. The third kappa shape index (κ3) is 5.32. The van der Waals surface area contributed by atoms with Gasteiger partial charge in [-0.2, -0.15) is 5.10 Å². The molecule has 0 bridgehead atoms. The van der Waals surface area contributed by atoms with E-state index >= 15 is 0 Å². The molecule has 0 saturated heterocycles. The number of carbonyl (C=O) groups excluding carboxylic acids is 1. The Morgan fingerprint density at radius 2 is 2.17 bits per heavy atom. The Morgan fingerprint density at radius 1 is 1.42 bits per heavy atom. The van der Waals surface area contributed by atoms with Crippen LogP contribution in [0.5, 0.6) is 0 Å². The summed E-state index contributed by atoms with van der Waals surface area (Å²) in [5.74, 6) is -0.505. The summed E-state index contributed by atoms with van der Waals surface area (Å²) in [6.45, 7) is 1.45. The van der Waals surface area contributed by atoms with Crippen molar-refractivity contribution < 1.29 is 14.3 Å². The van der Waals surface area contributed by atoms with E-state index in [1.54, 1.807) is 29.2 Å². The first-order valence-electron chi connectivity index (χ1n) is 7.60. The zero-order valence-electron chi connectivity index (χ0n) is 13.7. The monoisotopic (exact) mass is 335 g/mol. The normalized spacial score (nSPS) is 12.2. The molecule has 2 amide bonds. The zero-order chi connectivity index (χ0) is 17.5. The van der Waals surface area contributed by atoms with Crippen LogP contribution in [0.4, 0.5) is 14.9 Å². The molecule has 8 heteroatoms. The van der Waals surface area contributed by atoms with Crippen molar-refractivity contribution in [2.75, 3.05) is 32.5 Å². The number of aliphatic hydroxyl groups is 1. The minimum atomic E-state index is -1.11. The van der Waals surface area contributed by atoms with E-state index in [1.807, 2.05) is 19.0 Å². The van der Waals surface area contributed by atoms with Gasteiger partial charge < -0.3 is 20.6 Å². The van der Waals surface area contributed by atoms with Crippen LogP contribution in [0.25, 0.3) is 0 Å². The van der Waals surface area contributed by atoms with Crippen LogP contribution in [0, 0.1) is 5.82 Å². The Labute approximate surface area is 140 Å². The number of amides is 2. The van der Waals surface area contributed by atoms with E-state index in [1.165, 1.54) is 12.1 Å². The molecule has 0 aliphatic heterocycles. The molecule has 1 atom stereocenters. The Bertz CT molecular complexity index is 674. The minimum Gasteiger partial charge on any atom is -0.386 e. The summed E-state index contributed by atoms with van der Waals surface area (Å²) in [5, 5.41) is 19.2. The third-order valence-electron chi connectivity index (χ3n) is 3.39. The fourth-order valence-corrected chi connectivity index (χ4v) is 2.07. The van der Waals surface area contributed by atoms with Crippen LogP contribution in [0.2, 0.25) is 0 Å². The van der Waals surface area contributed by atoms with Gasteiger partial charge in [0.2, 0.25) is 0 Å². The van der Waals surface area contributed by atoms with Crippen LogP contribution in [0.3, 0.4) is 0 Å². The maximum Gasteiger partial charge on any atom is 0.319 e. The average molecular weight is 335 g/mol. The van der Waals surface area contributed by atoms with Crippen LogP contribution in [-0.4, -0.2) is 53.0 Å². The first kappa shape index (κ1) is 17.9. The number of rotatable bonds is 7. The summed E-state index contributed by atoms with van der Waals surface area (Å²) < 4.78 is 15.3. The predicted octanol–water partition coefficient (Wildman–Crippen LogP) is 1.44. The van der Waals surface area contributed by atoms with Crippen LogP contribution in [0.1, 0.15) is 11.7 Å². The molecule has 0 aliphatic rings. The van der Waals surface area contributed by atoms with Gasteiger partial charge in [-0.3, -0.25) is 4.68 Å². The number of carbonyl (C=O) groups is 1. The maximum atomic E-state index is 13.5. The van der Waals surface area contributed by atoms with Gasteiger partial charge in [-0.15, -0.1) is 0 Å². The van der Waals surface area contributed by atoms with E-state index < -0.39 is 18.0 Å². The number of halogens is 1. The van der Waals surface area contributed by atoms with Crippen LogP contribution >= 0.6 is 0 Å². The van der Waals surface area contributed by atoms with Crippen LogP contribution < -0.4 is 10.6 Å². The Balaban J connectivity index is 1.80. The number of nitrogens with one attached hydrogen (secondary N) is 2. The quantitative estimate of drug-likeness (QED) is 0.715. The lowest BCUT2D eigenvalue weighted by atomic mass is 10.1. The van der Waals surface area contributed by atoms with E-state index in [0.29, 0.717) is 12.2 Å². The lowest BCUT2D eigenvalue weighted by molar-refractivity contribution is 0.170. The fraction of sp³-hybridized carbons (Fsp3) is 0.375. The molecule has 0 radical (unpaired) electrons. The van der Waals surface area contributed by atoms with E-state index in [4.69, 9.17) is 0 Å². The molecule has 7 nitrogen and oxygen atoms in total. The molecule has 3 N–H and O–H groups in total. The van der Waals surface area contributed by atoms with Crippen molar-refractivity contribution in [2.24, 2.45) is 0 Å². The number of anilines is 1. The van der Waals surface area contributed by atoms with Crippen LogP contribution in [0.15, 0.2) is 36.7 Å². The highest BCUT2D eigenvalue weighted by Gasteiger charge is 2.13. The smallest absolute Gasteiger partial charge is 0.319 e. The van der Waals surface area contributed by atoms with Crippen molar-refractivity contribution in [3.8, 4) is 0 Å². The second kappa shape index (κ2) is 8.42. The Kier molecular flexibility index (Phi) is 6.28. The second-order valence-corrected chi connectivity index (χ2v) is 5.67. The number of benzene rings is 1.